The van der Waals surface area contributed by atoms with Gasteiger partial charge >= 0.3 is 0 Å². The summed E-state index contributed by atoms with van der Waals surface area (Å²) < 4.78 is 0. The molecular formula is C10H17Cl3N2S. The molecule has 1 atom stereocenters. The van der Waals surface area contributed by atoms with Gasteiger partial charge in [0.15, 0.2) is 0 Å². The molecule has 0 saturated carbocycles. The number of nitrogens with one attached hydrogen (secondary N) is 1. The zero-order chi connectivity index (χ0) is 9.97. The van der Waals surface area contributed by atoms with E-state index >= 15 is 0 Å². The second-order valence-corrected chi connectivity index (χ2v) is 4.95. The molecule has 1 aliphatic heterocycles. The molecule has 6 heteroatoms. The van der Waals surface area contributed by atoms with Gasteiger partial charge in [-0.1, -0.05) is 11.6 Å². The van der Waals surface area contributed by atoms with Gasteiger partial charge in [0.25, 0.3) is 0 Å². The Labute approximate surface area is 118 Å². The summed E-state index contributed by atoms with van der Waals surface area (Å²) in [4.78, 5) is 3.78. The highest BCUT2D eigenvalue weighted by atomic mass is 35.5. The number of nitrogens with zero attached hydrogens (tertiary/aromatic N) is 1. The van der Waals surface area contributed by atoms with Gasteiger partial charge in [-0.15, -0.1) is 36.2 Å². The Balaban J connectivity index is 0.00000112. The van der Waals surface area contributed by atoms with Crippen LogP contribution in [-0.4, -0.2) is 31.1 Å². The largest absolute Gasteiger partial charge is 0.314 e. The SMILES string of the molecule is C[C@H](c1sccc1Cl)N1CCNCC1.Cl.Cl. The lowest BCUT2D eigenvalue weighted by Crippen LogP contribution is -2.44. The van der Waals surface area contributed by atoms with Gasteiger partial charge in [-0.25, -0.2) is 0 Å². The van der Waals surface area contributed by atoms with E-state index in [1.807, 2.05) is 6.07 Å². The first kappa shape index (κ1) is 16.5. The van der Waals surface area contributed by atoms with E-state index in [-0.39, 0.29) is 24.8 Å². The molecule has 2 nitrogen and oxygen atoms in total. The second kappa shape index (κ2) is 7.75. The molecule has 94 valence electrons. The summed E-state index contributed by atoms with van der Waals surface area (Å²) in [7, 11) is 0. The van der Waals surface area contributed by atoms with E-state index in [1.54, 1.807) is 11.3 Å². The van der Waals surface area contributed by atoms with E-state index in [2.05, 4.69) is 22.5 Å². The average Bonchev–Trinajstić information content (AvgIpc) is 2.65. The van der Waals surface area contributed by atoms with Crippen LogP contribution in [0.4, 0.5) is 0 Å². The summed E-state index contributed by atoms with van der Waals surface area (Å²) in [5.74, 6) is 0. The van der Waals surface area contributed by atoms with Gasteiger partial charge in [-0.2, -0.15) is 0 Å². The third-order valence-electron chi connectivity index (χ3n) is 2.72. The maximum atomic E-state index is 6.12. The Morgan fingerprint density at radius 2 is 2.00 bits per heavy atom. The van der Waals surface area contributed by atoms with Crippen molar-refractivity contribution in [2.45, 2.75) is 13.0 Å². The smallest absolute Gasteiger partial charge is 0.0561 e. The highest BCUT2D eigenvalue weighted by Gasteiger charge is 2.20. The Hall–Kier alpha value is 0.490. The van der Waals surface area contributed by atoms with Crippen molar-refractivity contribution in [3.8, 4) is 0 Å². The Kier molecular flexibility index (Phi) is 7.98. The Morgan fingerprint density at radius 1 is 1.38 bits per heavy atom. The molecular weight excluding hydrogens is 287 g/mol. The van der Waals surface area contributed by atoms with E-state index in [0.29, 0.717) is 6.04 Å². The lowest BCUT2D eigenvalue weighted by atomic mass is 10.2. The molecule has 1 saturated heterocycles. The maximum absolute atomic E-state index is 6.12. The van der Waals surface area contributed by atoms with Crippen molar-refractivity contribution in [3.63, 3.8) is 0 Å². The Bertz CT molecular complexity index is 300. The molecule has 0 radical (unpaired) electrons. The third kappa shape index (κ3) is 3.76. The first-order valence-electron chi connectivity index (χ1n) is 4.96. The van der Waals surface area contributed by atoms with Crippen molar-refractivity contribution in [2.75, 3.05) is 26.2 Å². The highest BCUT2D eigenvalue weighted by Crippen LogP contribution is 2.31. The predicted octanol–water partition coefficient (Wildman–Crippen LogP) is 3.21. The number of hydrogen-bond donors (Lipinski definition) is 1. The van der Waals surface area contributed by atoms with Crippen molar-refractivity contribution in [3.05, 3.63) is 21.3 Å². The van der Waals surface area contributed by atoms with Gasteiger partial charge in [-0.3, -0.25) is 4.90 Å². The van der Waals surface area contributed by atoms with E-state index < -0.39 is 0 Å². The van der Waals surface area contributed by atoms with Crippen molar-refractivity contribution >= 4 is 47.8 Å². The first-order chi connectivity index (χ1) is 6.79. The van der Waals surface area contributed by atoms with Gasteiger partial charge in [0, 0.05) is 37.1 Å². The molecule has 1 aliphatic rings. The van der Waals surface area contributed by atoms with E-state index in [4.69, 9.17) is 11.6 Å². The minimum absolute atomic E-state index is 0. The molecule has 0 bridgehead atoms. The zero-order valence-electron chi connectivity index (χ0n) is 9.11. The van der Waals surface area contributed by atoms with Gasteiger partial charge in [0.2, 0.25) is 0 Å². The number of piperazine rings is 1. The average molecular weight is 304 g/mol. The summed E-state index contributed by atoms with van der Waals surface area (Å²) in [5, 5.41) is 6.34. The van der Waals surface area contributed by atoms with Gasteiger partial charge in [0.05, 0.1) is 5.02 Å². The molecule has 0 aromatic carbocycles. The summed E-state index contributed by atoms with van der Waals surface area (Å²) in [5.41, 5.74) is 0. The molecule has 0 unspecified atom stereocenters. The number of thiophene rings is 1. The fourth-order valence-corrected chi connectivity index (χ4v) is 3.15. The van der Waals surface area contributed by atoms with E-state index in [9.17, 15) is 0 Å². The van der Waals surface area contributed by atoms with Crippen LogP contribution in [0.25, 0.3) is 0 Å². The fraction of sp³-hybridized carbons (Fsp3) is 0.600. The van der Waals surface area contributed by atoms with Gasteiger partial charge < -0.3 is 5.32 Å². The summed E-state index contributed by atoms with van der Waals surface area (Å²) in [6.07, 6.45) is 0. The summed E-state index contributed by atoms with van der Waals surface area (Å²) in [6.45, 7) is 6.66. The van der Waals surface area contributed by atoms with Crippen LogP contribution in [0.2, 0.25) is 5.02 Å². The number of hydrogen-bond acceptors (Lipinski definition) is 3. The molecule has 0 amide bonds. The van der Waals surface area contributed by atoms with Crippen LogP contribution >= 0.6 is 47.8 Å². The van der Waals surface area contributed by atoms with Crippen molar-refractivity contribution in [1.82, 2.24) is 10.2 Å². The fourth-order valence-electron chi connectivity index (χ4n) is 1.84. The van der Waals surface area contributed by atoms with Crippen LogP contribution < -0.4 is 5.32 Å². The van der Waals surface area contributed by atoms with Crippen LogP contribution in [0.3, 0.4) is 0 Å². The standard InChI is InChI=1S/C10H15ClN2S.2ClH/c1-8(10-9(11)2-7-14-10)13-5-3-12-4-6-13;;/h2,7-8,12H,3-6H2,1H3;2*1H/t8-;;/m1../s1. The normalized spacial score (nSPS) is 18.4. The molecule has 2 rings (SSSR count). The van der Waals surface area contributed by atoms with Gasteiger partial charge in [-0.05, 0) is 18.4 Å². The molecule has 2 heterocycles. The van der Waals surface area contributed by atoms with Crippen LogP contribution in [0.5, 0.6) is 0 Å². The molecule has 0 spiro atoms. The Morgan fingerprint density at radius 3 is 2.50 bits per heavy atom. The van der Waals surface area contributed by atoms with Crippen LogP contribution in [0.1, 0.15) is 17.8 Å². The summed E-state index contributed by atoms with van der Waals surface area (Å²) >= 11 is 7.88. The minimum atomic E-state index is 0. The molecule has 1 fully saturated rings. The van der Waals surface area contributed by atoms with E-state index in [0.717, 1.165) is 31.2 Å². The predicted molar refractivity (Wildman–Crippen MR) is 76.7 cm³/mol. The van der Waals surface area contributed by atoms with Crippen molar-refractivity contribution < 1.29 is 0 Å². The molecule has 1 N–H and O–H groups in total. The highest BCUT2D eigenvalue weighted by molar-refractivity contribution is 7.10. The van der Waals surface area contributed by atoms with Crippen LogP contribution in [0.15, 0.2) is 11.4 Å². The van der Waals surface area contributed by atoms with Crippen LogP contribution in [0, 0.1) is 0 Å². The topological polar surface area (TPSA) is 15.3 Å². The minimum Gasteiger partial charge on any atom is -0.314 e. The summed E-state index contributed by atoms with van der Waals surface area (Å²) in [6, 6.07) is 2.45. The maximum Gasteiger partial charge on any atom is 0.0561 e. The lowest BCUT2D eigenvalue weighted by Gasteiger charge is -2.32. The molecule has 1 aromatic rings. The quantitative estimate of drug-likeness (QED) is 0.902. The molecule has 0 aliphatic carbocycles. The lowest BCUT2D eigenvalue weighted by molar-refractivity contribution is 0.188. The first-order valence-corrected chi connectivity index (χ1v) is 6.22. The monoisotopic (exact) mass is 302 g/mol. The van der Waals surface area contributed by atoms with Crippen molar-refractivity contribution in [1.29, 1.82) is 0 Å². The van der Waals surface area contributed by atoms with Crippen molar-refractivity contribution in [2.24, 2.45) is 0 Å². The molecule has 16 heavy (non-hydrogen) atoms. The third-order valence-corrected chi connectivity index (χ3v) is 4.25. The van der Waals surface area contributed by atoms with Crippen LogP contribution in [-0.2, 0) is 0 Å². The second-order valence-electron chi connectivity index (χ2n) is 3.59. The van der Waals surface area contributed by atoms with E-state index in [1.165, 1.54) is 4.88 Å². The zero-order valence-corrected chi connectivity index (χ0v) is 12.3. The number of rotatable bonds is 2. The number of halogens is 3. The van der Waals surface area contributed by atoms with Gasteiger partial charge in [0.1, 0.15) is 0 Å². The molecule has 1 aromatic heterocycles.